The number of halogens is 2. The molecule has 0 aliphatic carbocycles. The van der Waals surface area contributed by atoms with Crippen molar-refractivity contribution in [1.29, 1.82) is 0 Å². The first-order chi connectivity index (χ1) is 11.5. The molecule has 3 rings (SSSR count). The van der Waals surface area contributed by atoms with Gasteiger partial charge in [0.15, 0.2) is 5.76 Å². The van der Waals surface area contributed by atoms with Gasteiger partial charge in [0.1, 0.15) is 5.69 Å². The van der Waals surface area contributed by atoms with Crippen molar-refractivity contribution in [2.24, 2.45) is 0 Å². The zero-order valence-electron chi connectivity index (χ0n) is 12.1. The van der Waals surface area contributed by atoms with Gasteiger partial charge in [0.05, 0.1) is 32.7 Å². The summed E-state index contributed by atoms with van der Waals surface area (Å²) >= 11 is 12.3. The third-order valence-electron chi connectivity index (χ3n) is 3.47. The highest BCUT2D eigenvalue weighted by Gasteiger charge is 2.23. The van der Waals surface area contributed by atoms with Gasteiger partial charge in [-0.15, -0.1) is 0 Å². The molecule has 0 amide bonds. The maximum atomic E-state index is 10.9. The fourth-order valence-corrected chi connectivity index (χ4v) is 2.93. The molecule has 0 fully saturated rings. The largest absolute Gasteiger partial charge is 0.391 e. The topological polar surface area (TPSA) is 89.4 Å². The van der Waals surface area contributed by atoms with Gasteiger partial charge in [0.2, 0.25) is 0 Å². The zero-order valence-corrected chi connectivity index (χ0v) is 13.6. The number of nitrogens with zero attached hydrogens (tertiary/aromatic N) is 2. The minimum absolute atomic E-state index is 0.0864. The van der Waals surface area contributed by atoms with E-state index >= 15 is 0 Å². The van der Waals surface area contributed by atoms with Gasteiger partial charge in [-0.25, -0.2) is 0 Å². The van der Waals surface area contributed by atoms with Crippen molar-refractivity contribution >= 4 is 28.9 Å². The summed E-state index contributed by atoms with van der Waals surface area (Å²) in [6.07, 6.45) is 0. The smallest absolute Gasteiger partial charge is 0.270 e. The number of aliphatic hydroxyl groups excluding tert-OH is 1. The fourth-order valence-electron chi connectivity index (χ4n) is 2.36. The Morgan fingerprint density at radius 1 is 1.17 bits per heavy atom. The van der Waals surface area contributed by atoms with E-state index in [2.05, 4.69) is 5.16 Å². The van der Waals surface area contributed by atoms with Crippen LogP contribution in [0.25, 0.3) is 22.6 Å². The minimum atomic E-state index is -0.506. The summed E-state index contributed by atoms with van der Waals surface area (Å²) in [6.45, 7) is -0.390. The Kier molecular flexibility index (Phi) is 4.53. The fraction of sp³-hybridized carbons (Fsp3) is 0.0625. The molecule has 0 bridgehead atoms. The highest BCUT2D eigenvalue weighted by molar-refractivity contribution is 6.39. The number of benzene rings is 2. The van der Waals surface area contributed by atoms with Gasteiger partial charge in [-0.1, -0.05) is 46.6 Å². The lowest BCUT2D eigenvalue weighted by Gasteiger charge is -2.05. The third kappa shape index (κ3) is 2.87. The quantitative estimate of drug-likeness (QED) is 0.534. The zero-order chi connectivity index (χ0) is 17.3. The first-order valence-electron chi connectivity index (χ1n) is 6.81. The lowest BCUT2D eigenvalue weighted by Crippen LogP contribution is -1.92. The van der Waals surface area contributed by atoms with Crippen molar-refractivity contribution in [2.75, 3.05) is 0 Å². The molecular weight excluding hydrogens is 355 g/mol. The van der Waals surface area contributed by atoms with Crippen LogP contribution in [0.1, 0.15) is 5.56 Å². The number of nitro groups is 1. The molecule has 6 nitrogen and oxygen atoms in total. The van der Waals surface area contributed by atoms with Gasteiger partial charge in [0, 0.05) is 17.7 Å². The standard InChI is InChI=1S/C16H10Cl2N2O4/c17-12-5-2-6-13(18)14(12)16-11(8-21)15(19-24-16)9-3-1-4-10(7-9)20(22)23/h1-7,21H,8H2. The van der Waals surface area contributed by atoms with Crippen molar-refractivity contribution in [3.63, 3.8) is 0 Å². The Labute approximate surface area is 146 Å². The lowest BCUT2D eigenvalue weighted by molar-refractivity contribution is -0.384. The Balaban J connectivity index is 2.18. The predicted octanol–water partition coefficient (Wildman–Crippen LogP) is 4.72. The number of aliphatic hydroxyl groups is 1. The molecule has 0 spiro atoms. The third-order valence-corrected chi connectivity index (χ3v) is 4.10. The van der Waals surface area contributed by atoms with Gasteiger partial charge >= 0.3 is 0 Å². The molecule has 8 heteroatoms. The average Bonchev–Trinajstić information content (AvgIpc) is 2.98. The molecule has 1 heterocycles. The summed E-state index contributed by atoms with van der Waals surface area (Å²) in [7, 11) is 0. The number of nitro benzene ring substituents is 1. The van der Waals surface area contributed by atoms with E-state index in [1.54, 1.807) is 24.3 Å². The van der Waals surface area contributed by atoms with Crippen LogP contribution in [-0.4, -0.2) is 15.2 Å². The number of non-ortho nitro benzene ring substituents is 1. The van der Waals surface area contributed by atoms with Crippen molar-refractivity contribution in [3.8, 4) is 22.6 Å². The number of hydrogen-bond donors (Lipinski definition) is 1. The van der Waals surface area contributed by atoms with Crippen LogP contribution in [0.2, 0.25) is 10.0 Å². The maximum Gasteiger partial charge on any atom is 0.270 e. The molecule has 0 saturated heterocycles. The van der Waals surface area contributed by atoms with E-state index in [1.807, 2.05) is 0 Å². The van der Waals surface area contributed by atoms with Crippen LogP contribution < -0.4 is 0 Å². The summed E-state index contributed by atoms with van der Waals surface area (Å²) in [5.74, 6) is 0.231. The molecule has 0 radical (unpaired) electrons. The van der Waals surface area contributed by atoms with Gasteiger partial charge in [-0.2, -0.15) is 0 Å². The molecule has 122 valence electrons. The van der Waals surface area contributed by atoms with Crippen LogP contribution in [0, 0.1) is 10.1 Å². The Hall–Kier alpha value is -2.41. The Bertz CT molecular complexity index is 904. The molecule has 0 atom stereocenters. The van der Waals surface area contributed by atoms with E-state index in [0.717, 1.165) is 0 Å². The van der Waals surface area contributed by atoms with Crippen LogP contribution in [0.5, 0.6) is 0 Å². The summed E-state index contributed by atoms with van der Waals surface area (Å²) in [5.41, 5.74) is 1.43. The Morgan fingerprint density at radius 3 is 2.46 bits per heavy atom. The lowest BCUT2D eigenvalue weighted by atomic mass is 10.0. The first kappa shape index (κ1) is 16.4. The molecule has 24 heavy (non-hydrogen) atoms. The monoisotopic (exact) mass is 364 g/mol. The van der Waals surface area contributed by atoms with E-state index in [1.165, 1.54) is 18.2 Å². The summed E-state index contributed by atoms with van der Waals surface area (Å²) < 4.78 is 5.34. The second kappa shape index (κ2) is 6.60. The van der Waals surface area contributed by atoms with Gasteiger partial charge < -0.3 is 9.63 Å². The normalized spacial score (nSPS) is 10.8. The molecule has 0 aliphatic heterocycles. The predicted molar refractivity (Wildman–Crippen MR) is 90.0 cm³/mol. The highest BCUT2D eigenvalue weighted by Crippen LogP contribution is 2.40. The SMILES string of the molecule is O=[N+]([O-])c1cccc(-c2noc(-c3c(Cl)cccc3Cl)c2CO)c1. The second-order valence-corrected chi connectivity index (χ2v) is 5.72. The van der Waals surface area contributed by atoms with Crippen molar-refractivity contribution < 1.29 is 14.6 Å². The van der Waals surface area contributed by atoms with E-state index in [-0.39, 0.29) is 11.4 Å². The molecule has 3 aromatic rings. The average molecular weight is 365 g/mol. The first-order valence-corrected chi connectivity index (χ1v) is 7.57. The van der Waals surface area contributed by atoms with E-state index < -0.39 is 11.5 Å². The molecule has 0 saturated carbocycles. The van der Waals surface area contributed by atoms with Crippen LogP contribution in [0.15, 0.2) is 47.0 Å². The second-order valence-electron chi connectivity index (χ2n) is 4.90. The Morgan fingerprint density at radius 2 is 1.83 bits per heavy atom. The minimum Gasteiger partial charge on any atom is -0.391 e. The molecule has 0 unspecified atom stereocenters. The van der Waals surface area contributed by atoms with Crippen LogP contribution in [0.4, 0.5) is 5.69 Å². The number of aromatic nitrogens is 1. The van der Waals surface area contributed by atoms with Gasteiger partial charge in [-0.05, 0) is 12.1 Å². The summed E-state index contributed by atoms with van der Waals surface area (Å²) in [6, 6.07) is 10.9. The molecule has 1 N–H and O–H groups in total. The van der Waals surface area contributed by atoms with E-state index in [9.17, 15) is 15.2 Å². The van der Waals surface area contributed by atoms with Crippen molar-refractivity contribution in [3.05, 3.63) is 68.2 Å². The van der Waals surface area contributed by atoms with Gasteiger partial charge in [0.25, 0.3) is 5.69 Å². The molecule has 2 aromatic carbocycles. The number of rotatable bonds is 4. The number of hydrogen-bond acceptors (Lipinski definition) is 5. The van der Waals surface area contributed by atoms with E-state index in [0.29, 0.717) is 32.4 Å². The van der Waals surface area contributed by atoms with Crippen molar-refractivity contribution in [1.82, 2.24) is 5.16 Å². The molecule has 1 aromatic heterocycles. The van der Waals surface area contributed by atoms with Crippen molar-refractivity contribution in [2.45, 2.75) is 6.61 Å². The highest BCUT2D eigenvalue weighted by atomic mass is 35.5. The van der Waals surface area contributed by atoms with Crippen LogP contribution in [0.3, 0.4) is 0 Å². The maximum absolute atomic E-state index is 10.9. The van der Waals surface area contributed by atoms with Gasteiger partial charge in [-0.3, -0.25) is 10.1 Å². The van der Waals surface area contributed by atoms with Crippen LogP contribution >= 0.6 is 23.2 Å². The summed E-state index contributed by atoms with van der Waals surface area (Å²) in [4.78, 5) is 10.4. The molecule has 0 aliphatic rings. The van der Waals surface area contributed by atoms with Crippen LogP contribution in [-0.2, 0) is 6.61 Å². The summed E-state index contributed by atoms with van der Waals surface area (Å²) in [5, 5.41) is 25.3. The molecular formula is C16H10Cl2N2O4. The van der Waals surface area contributed by atoms with E-state index in [4.69, 9.17) is 27.7 Å².